The molecule has 1 aromatic carbocycles. The molecule has 3 heterocycles. The summed E-state index contributed by atoms with van der Waals surface area (Å²) in [6.45, 7) is 4.31. The standard InChI is InChI=1S/C25H30BrF2N5O/c26-21-13-20-22(29)30-24(34-16-19-7-9-25(27,28)10-8-19)31-23(20)33(21)15-18-5-3-17(4-6-18)14-32-11-1-2-12-32/h3-6,13,19H,1-2,7-12,14-16H2,(H2,29,30,31). The van der Waals surface area contributed by atoms with Gasteiger partial charge in [-0.25, -0.2) is 8.78 Å². The van der Waals surface area contributed by atoms with Crippen LogP contribution < -0.4 is 10.5 Å². The molecule has 34 heavy (non-hydrogen) atoms. The van der Waals surface area contributed by atoms with Crippen molar-refractivity contribution in [2.24, 2.45) is 5.92 Å². The summed E-state index contributed by atoms with van der Waals surface area (Å²) in [6.07, 6.45) is 3.30. The van der Waals surface area contributed by atoms with Crippen molar-refractivity contribution < 1.29 is 13.5 Å². The minimum atomic E-state index is -2.55. The highest BCUT2D eigenvalue weighted by Gasteiger charge is 2.35. The Morgan fingerprint density at radius 3 is 2.35 bits per heavy atom. The van der Waals surface area contributed by atoms with Crippen molar-refractivity contribution in [2.75, 3.05) is 25.4 Å². The third kappa shape index (κ3) is 5.35. The van der Waals surface area contributed by atoms with Crippen LogP contribution in [0.4, 0.5) is 14.6 Å². The largest absolute Gasteiger partial charge is 0.463 e. The number of alkyl halides is 2. The highest BCUT2D eigenvalue weighted by atomic mass is 79.9. The third-order valence-electron chi connectivity index (χ3n) is 6.96. The number of ether oxygens (including phenoxy) is 1. The van der Waals surface area contributed by atoms with Gasteiger partial charge in [-0.05, 0) is 77.8 Å². The zero-order chi connectivity index (χ0) is 23.7. The first kappa shape index (κ1) is 23.5. The van der Waals surface area contributed by atoms with Crippen molar-refractivity contribution in [2.45, 2.75) is 57.5 Å². The Hall–Kier alpha value is -2.26. The number of likely N-dealkylation sites (tertiary alicyclic amines) is 1. The van der Waals surface area contributed by atoms with E-state index in [0.29, 0.717) is 37.5 Å². The summed E-state index contributed by atoms with van der Waals surface area (Å²) in [5.41, 5.74) is 9.37. The molecule has 1 aliphatic heterocycles. The first-order valence-electron chi connectivity index (χ1n) is 12.0. The second kappa shape index (κ2) is 9.77. The Kier molecular flexibility index (Phi) is 6.75. The molecule has 0 atom stereocenters. The number of hydrogen-bond donors (Lipinski definition) is 1. The van der Waals surface area contributed by atoms with Crippen LogP contribution in [0.25, 0.3) is 11.0 Å². The van der Waals surface area contributed by atoms with Gasteiger partial charge in [-0.1, -0.05) is 24.3 Å². The molecule has 182 valence electrons. The maximum atomic E-state index is 13.4. The van der Waals surface area contributed by atoms with Crippen molar-refractivity contribution >= 4 is 32.8 Å². The van der Waals surface area contributed by atoms with E-state index in [-0.39, 0.29) is 24.8 Å². The van der Waals surface area contributed by atoms with Crippen LogP contribution >= 0.6 is 15.9 Å². The van der Waals surface area contributed by atoms with Crippen molar-refractivity contribution in [1.82, 2.24) is 19.4 Å². The fourth-order valence-corrected chi connectivity index (χ4v) is 5.42. The molecule has 9 heteroatoms. The lowest BCUT2D eigenvalue weighted by molar-refractivity contribution is -0.0501. The summed E-state index contributed by atoms with van der Waals surface area (Å²) in [5.74, 6) is -2.12. The molecule has 3 aromatic rings. The van der Waals surface area contributed by atoms with E-state index in [1.165, 1.54) is 31.5 Å². The first-order chi connectivity index (χ1) is 16.4. The molecular formula is C25H30BrF2N5O. The van der Waals surface area contributed by atoms with Crippen LogP contribution in [0.1, 0.15) is 49.7 Å². The molecule has 0 radical (unpaired) electrons. The Labute approximate surface area is 206 Å². The lowest BCUT2D eigenvalue weighted by atomic mass is 9.87. The van der Waals surface area contributed by atoms with Gasteiger partial charge in [-0.15, -0.1) is 0 Å². The minimum absolute atomic E-state index is 0.0812. The van der Waals surface area contributed by atoms with Crippen LogP contribution in [-0.4, -0.2) is 45.1 Å². The molecule has 2 fully saturated rings. The summed E-state index contributed by atoms with van der Waals surface area (Å²) < 4.78 is 35.5. The van der Waals surface area contributed by atoms with E-state index in [1.807, 2.05) is 10.6 Å². The number of aromatic nitrogens is 3. The van der Waals surface area contributed by atoms with Gasteiger partial charge >= 0.3 is 6.01 Å². The minimum Gasteiger partial charge on any atom is -0.463 e. The zero-order valence-corrected chi connectivity index (χ0v) is 20.7. The third-order valence-corrected chi connectivity index (χ3v) is 7.62. The van der Waals surface area contributed by atoms with Gasteiger partial charge in [0.2, 0.25) is 5.92 Å². The van der Waals surface area contributed by atoms with Crippen LogP contribution in [0.2, 0.25) is 0 Å². The van der Waals surface area contributed by atoms with E-state index >= 15 is 0 Å². The van der Waals surface area contributed by atoms with Crippen LogP contribution in [0, 0.1) is 5.92 Å². The van der Waals surface area contributed by atoms with Gasteiger partial charge in [-0.2, -0.15) is 9.97 Å². The summed E-state index contributed by atoms with van der Waals surface area (Å²) in [6, 6.07) is 10.8. The van der Waals surface area contributed by atoms with Gasteiger partial charge in [0, 0.05) is 19.4 Å². The number of rotatable bonds is 7. The molecule has 1 saturated carbocycles. The average Bonchev–Trinajstić information content (AvgIpc) is 3.43. The maximum absolute atomic E-state index is 13.4. The Morgan fingerprint density at radius 2 is 1.68 bits per heavy atom. The van der Waals surface area contributed by atoms with Crippen molar-refractivity contribution in [3.8, 4) is 6.01 Å². The first-order valence-corrected chi connectivity index (χ1v) is 12.8. The van der Waals surface area contributed by atoms with E-state index in [2.05, 4.69) is 55.1 Å². The Morgan fingerprint density at radius 1 is 1.03 bits per heavy atom. The van der Waals surface area contributed by atoms with Gasteiger partial charge in [-0.3, -0.25) is 4.90 Å². The number of nitrogens with zero attached hydrogens (tertiary/aromatic N) is 4. The summed E-state index contributed by atoms with van der Waals surface area (Å²) in [4.78, 5) is 11.4. The zero-order valence-electron chi connectivity index (χ0n) is 19.2. The highest BCUT2D eigenvalue weighted by Crippen LogP contribution is 2.36. The molecule has 0 unspecified atom stereocenters. The van der Waals surface area contributed by atoms with Crippen LogP contribution in [0.15, 0.2) is 34.9 Å². The molecular weight excluding hydrogens is 504 g/mol. The molecule has 5 rings (SSSR count). The van der Waals surface area contributed by atoms with Crippen molar-refractivity contribution in [1.29, 1.82) is 0 Å². The molecule has 0 bridgehead atoms. The number of halogens is 3. The number of benzene rings is 1. The van der Waals surface area contributed by atoms with E-state index in [4.69, 9.17) is 10.5 Å². The number of fused-ring (bicyclic) bond motifs is 1. The van der Waals surface area contributed by atoms with Crippen LogP contribution in [0.5, 0.6) is 6.01 Å². The number of anilines is 1. The van der Waals surface area contributed by atoms with Crippen LogP contribution in [-0.2, 0) is 13.1 Å². The van der Waals surface area contributed by atoms with Gasteiger partial charge in [0.25, 0.3) is 0 Å². The summed E-state index contributed by atoms with van der Waals surface area (Å²) in [5, 5.41) is 0.752. The van der Waals surface area contributed by atoms with Crippen molar-refractivity contribution in [3.63, 3.8) is 0 Å². The smallest absolute Gasteiger partial charge is 0.320 e. The fraction of sp³-hybridized carbons (Fsp3) is 0.520. The fourth-order valence-electron chi connectivity index (χ4n) is 4.90. The normalized spacial score (nSPS) is 19.1. The molecule has 0 spiro atoms. The van der Waals surface area contributed by atoms with Crippen molar-refractivity contribution in [3.05, 3.63) is 46.1 Å². The Bertz CT molecular complexity index is 1130. The van der Waals surface area contributed by atoms with Gasteiger partial charge < -0.3 is 15.0 Å². The predicted octanol–water partition coefficient (Wildman–Crippen LogP) is 5.62. The summed E-state index contributed by atoms with van der Waals surface area (Å²) in [7, 11) is 0. The lowest BCUT2D eigenvalue weighted by Gasteiger charge is -2.27. The predicted molar refractivity (Wildman–Crippen MR) is 132 cm³/mol. The molecule has 0 amide bonds. The second-order valence-electron chi connectivity index (χ2n) is 9.59. The second-order valence-corrected chi connectivity index (χ2v) is 10.4. The molecule has 1 aliphatic carbocycles. The van der Waals surface area contributed by atoms with E-state index in [9.17, 15) is 8.78 Å². The number of hydrogen-bond acceptors (Lipinski definition) is 5. The summed E-state index contributed by atoms with van der Waals surface area (Å²) >= 11 is 3.63. The highest BCUT2D eigenvalue weighted by molar-refractivity contribution is 9.10. The topological polar surface area (TPSA) is 69.2 Å². The molecule has 2 aliphatic rings. The van der Waals surface area contributed by atoms with E-state index < -0.39 is 5.92 Å². The van der Waals surface area contributed by atoms with Gasteiger partial charge in [0.1, 0.15) is 5.82 Å². The van der Waals surface area contributed by atoms with Gasteiger partial charge in [0.15, 0.2) is 5.65 Å². The SMILES string of the molecule is Nc1nc(OCC2CCC(F)(F)CC2)nc2c1cc(Br)n2Cc1ccc(CN2CCCC2)cc1. The molecule has 6 nitrogen and oxygen atoms in total. The maximum Gasteiger partial charge on any atom is 0.320 e. The van der Waals surface area contributed by atoms with E-state index in [0.717, 1.165) is 22.1 Å². The molecule has 2 N–H and O–H groups in total. The van der Waals surface area contributed by atoms with Gasteiger partial charge in [0.05, 0.1) is 23.1 Å². The number of nitrogen functional groups attached to an aromatic ring is 1. The monoisotopic (exact) mass is 533 g/mol. The van der Waals surface area contributed by atoms with E-state index in [1.54, 1.807) is 0 Å². The quantitative estimate of drug-likeness (QED) is 0.426. The Balaban J connectivity index is 1.29. The van der Waals surface area contributed by atoms with Crippen LogP contribution in [0.3, 0.4) is 0 Å². The lowest BCUT2D eigenvalue weighted by Crippen LogP contribution is -2.27. The number of nitrogens with two attached hydrogens (primary N) is 1. The average molecular weight is 534 g/mol. The molecule has 2 aromatic heterocycles. The molecule has 1 saturated heterocycles.